The summed E-state index contributed by atoms with van der Waals surface area (Å²) in [5, 5.41) is 3.27. The number of benzene rings is 2. The molecule has 5 heteroatoms. The molecule has 0 bridgehead atoms. The van der Waals surface area contributed by atoms with Crippen molar-refractivity contribution in [2.75, 3.05) is 20.2 Å². The smallest absolute Gasteiger partial charge is 0.138 e. The molecule has 1 heterocycles. The van der Waals surface area contributed by atoms with Gasteiger partial charge < -0.3 is 19.5 Å². The van der Waals surface area contributed by atoms with Gasteiger partial charge in [0.2, 0.25) is 0 Å². The van der Waals surface area contributed by atoms with Crippen molar-refractivity contribution in [2.45, 2.75) is 18.8 Å². The van der Waals surface area contributed by atoms with Crippen molar-refractivity contribution in [3.63, 3.8) is 0 Å². The van der Waals surface area contributed by atoms with E-state index >= 15 is 0 Å². The quantitative estimate of drug-likeness (QED) is 0.880. The monoisotopic (exact) mass is 335 g/mol. The van der Waals surface area contributed by atoms with Crippen LogP contribution in [0.15, 0.2) is 54.6 Å². The highest BCUT2D eigenvalue weighted by molar-refractivity contribution is 5.85. The Balaban J connectivity index is 0.00000192. The van der Waals surface area contributed by atoms with Crippen LogP contribution in [0.2, 0.25) is 0 Å². The number of rotatable bonds is 6. The van der Waals surface area contributed by atoms with Crippen LogP contribution in [0, 0.1) is 0 Å². The van der Waals surface area contributed by atoms with E-state index in [1.54, 1.807) is 7.11 Å². The molecule has 1 fully saturated rings. The Morgan fingerprint density at radius 2 is 1.70 bits per heavy atom. The normalized spacial score (nSPS) is 19.9. The van der Waals surface area contributed by atoms with Crippen LogP contribution in [0.25, 0.3) is 0 Å². The predicted molar refractivity (Wildman–Crippen MR) is 92.5 cm³/mol. The molecule has 1 saturated heterocycles. The first-order chi connectivity index (χ1) is 10.8. The van der Waals surface area contributed by atoms with Crippen molar-refractivity contribution >= 4 is 12.4 Å². The second-order valence-corrected chi connectivity index (χ2v) is 5.34. The lowest BCUT2D eigenvalue weighted by Crippen LogP contribution is -2.31. The van der Waals surface area contributed by atoms with E-state index in [1.807, 2.05) is 54.6 Å². The van der Waals surface area contributed by atoms with Gasteiger partial charge in [-0.15, -0.1) is 12.4 Å². The summed E-state index contributed by atoms with van der Waals surface area (Å²) >= 11 is 0. The van der Waals surface area contributed by atoms with Crippen molar-refractivity contribution < 1.29 is 14.2 Å². The second kappa shape index (κ2) is 8.77. The third-order valence-electron chi connectivity index (χ3n) is 3.75. The number of hydrogen-bond donors (Lipinski definition) is 1. The Morgan fingerprint density at radius 3 is 2.48 bits per heavy atom. The molecule has 3 rings (SSSR count). The van der Waals surface area contributed by atoms with Gasteiger partial charge in [-0.2, -0.15) is 0 Å². The summed E-state index contributed by atoms with van der Waals surface area (Å²) in [6.07, 6.45) is 0.128. The van der Waals surface area contributed by atoms with Crippen molar-refractivity contribution in [1.29, 1.82) is 0 Å². The zero-order valence-electron chi connectivity index (χ0n) is 13.1. The minimum atomic E-state index is 0. The number of hydrogen-bond acceptors (Lipinski definition) is 4. The minimum Gasteiger partial charge on any atom is -0.489 e. The van der Waals surface area contributed by atoms with Gasteiger partial charge in [0.05, 0.1) is 0 Å². The van der Waals surface area contributed by atoms with E-state index in [0.29, 0.717) is 6.61 Å². The summed E-state index contributed by atoms with van der Waals surface area (Å²) in [5.74, 6) is 1.61. The molecule has 23 heavy (non-hydrogen) atoms. The highest BCUT2D eigenvalue weighted by Gasteiger charge is 2.28. The Morgan fingerprint density at radius 1 is 0.957 bits per heavy atom. The molecule has 2 aromatic rings. The molecule has 0 amide bonds. The van der Waals surface area contributed by atoms with Crippen LogP contribution in [0.1, 0.15) is 5.56 Å². The molecule has 0 unspecified atom stereocenters. The third kappa shape index (κ3) is 4.86. The first-order valence-electron chi connectivity index (χ1n) is 7.52. The molecule has 1 aliphatic heterocycles. The maximum absolute atomic E-state index is 6.00. The van der Waals surface area contributed by atoms with E-state index in [-0.39, 0.29) is 24.6 Å². The van der Waals surface area contributed by atoms with Crippen LogP contribution < -0.4 is 14.8 Å². The minimum absolute atomic E-state index is 0. The van der Waals surface area contributed by atoms with Gasteiger partial charge in [0, 0.05) is 26.3 Å². The Kier molecular flexibility index (Phi) is 6.71. The SMILES string of the molecule is CO[C@@H]1CNC[C@H]1Oc1cccc(OCc2ccccc2)c1.Cl. The van der Waals surface area contributed by atoms with E-state index in [1.165, 1.54) is 0 Å². The van der Waals surface area contributed by atoms with Crippen LogP contribution >= 0.6 is 12.4 Å². The first kappa shape index (κ1) is 17.6. The van der Waals surface area contributed by atoms with Crippen molar-refractivity contribution in [3.05, 3.63) is 60.2 Å². The summed E-state index contributed by atoms with van der Waals surface area (Å²) in [6.45, 7) is 2.18. The van der Waals surface area contributed by atoms with Gasteiger partial charge in [0.25, 0.3) is 0 Å². The summed E-state index contributed by atoms with van der Waals surface area (Å²) < 4.78 is 17.2. The lowest BCUT2D eigenvalue weighted by molar-refractivity contribution is 0.0345. The second-order valence-electron chi connectivity index (χ2n) is 5.34. The molecule has 2 aromatic carbocycles. The molecule has 0 radical (unpaired) electrons. The summed E-state index contributed by atoms with van der Waals surface area (Å²) in [5.41, 5.74) is 1.15. The molecular weight excluding hydrogens is 314 g/mol. The van der Waals surface area contributed by atoms with Crippen molar-refractivity contribution in [3.8, 4) is 11.5 Å². The molecule has 1 N–H and O–H groups in total. The standard InChI is InChI=1S/C18H21NO3.ClH/c1-20-17-11-19-12-18(17)22-16-9-5-8-15(10-16)21-13-14-6-3-2-4-7-14;/h2-10,17-19H,11-13H2,1H3;1H/t17-,18-;/m1./s1. The number of halogens is 1. The molecule has 4 nitrogen and oxygen atoms in total. The molecule has 0 aliphatic carbocycles. The van der Waals surface area contributed by atoms with Crippen LogP contribution in [-0.2, 0) is 11.3 Å². The van der Waals surface area contributed by atoms with Crippen molar-refractivity contribution in [2.24, 2.45) is 0 Å². The van der Waals surface area contributed by atoms with Gasteiger partial charge in [-0.25, -0.2) is 0 Å². The topological polar surface area (TPSA) is 39.7 Å². The van der Waals surface area contributed by atoms with Crippen LogP contribution in [0.5, 0.6) is 11.5 Å². The van der Waals surface area contributed by atoms with E-state index < -0.39 is 0 Å². The summed E-state index contributed by atoms with van der Waals surface area (Å²) in [6, 6.07) is 17.9. The molecular formula is C18H22ClNO3. The Labute approximate surface area is 143 Å². The van der Waals surface area contributed by atoms with Gasteiger partial charge in [0.15, 0.2) is 0 Å². The summed E-state index contributed by atoms with van der Waals surface area (Å²) in [7, 11) is 1.72. The van der Waals surface area contributed by atoms with Gasteiger partial charge in [-0.3, -0.25) is 0 Å². The van der Waals surface area contributed by atoms with Crippen LogP contribution in [0.3, 0.4) is 0 Å². The Hall–Kier alpha value is -1.75. The molecule has 1 aliphatic rings. The maximum atomic E-state index is 6.00. The molecule has 124 valence electrons. The van der Waals surface area contributed by atoms with E-state index in [9.17, 15) is 0 Å². The molecule has 0 saturated carbocycles. The fourth-order valence-corrected chi connectivity index (χ4v) is 2.54. The highest BCUT2D eigenvalue weighted by atomic mass is 35.5. The first-order valence-corrected chi connectivity index (χ1v) is 7.52. The molecule has 0 aromatic heterocycles. The fraction of sp³-hybridized carbons (Fsp3) is 0.333. The third-order valence-corrected chi connectivity index (χ3v) is 3.75. The Bertz CT molecular complexity index is 594. The van der Waals surface area contributed by atoms with Gasteiger partial charge in [0.1, 0.15) is 30.3 Å². The zero-order chi connectivity index (χ0) is 15.2. The average molecular weight is 336 g/mol. The molecule has 0 spiro atoms. The van der Waals surface area contributed by atoms with E-state index in [2.05, 4.69) is 5.32 Å². The fourth-order valence-electron chi connectivity index (χ4n) is 2.54. The van der Waals surface area contributed by atoms with Gasteiger partial charge in [-0.1, -0.05) is 36.4 Å². The number of nitrogens with one attached hydrogen (secondary N) is 1. The van der Waals surface area contributed by atoms with Crippen molar-refractivity contribution in [1.82, 2.24) is 5.32 Å². The van der Waals surface area contributed by atoms with E-state index in [0.717, 1.165) is 30.2 Å². The lowest BCUT2D eigenvalue weighted by Gasteiger charge is -2.19. The summed E-state index contributed by atoms with van der Waals surface area (Å²) in [4.78, 5) is 0. The van der Waals surface area contributed by atoms with Crippen LogP contribution in [0.4, 0.5) is 0 Å². The van der Waals surface area contributed by atoms with Gasteiger partial charge >= 0.3 is 0 Å². The number of ether oxygens (including phenoxy) is 3. The molecule has 2 atom stereocenters. The highest BCUT2D eigenvalue weighted by Crippen LogP contribution is 2.23. The largest absolute Gasteiger partial charge is 0.489 e. The van der Waals surface area contributed by atoms with Gasteiger partial charge in [-0.05, 0) is 17.7 Å². The maximum Gasteiger partial charge on any atom is 0.138 e. The van der Waals surface area contributed by atoms with Crippen LogP contribution in [-0.4, -0.2) is 32.4 Å². The van der Waals surface area contributed by atoms with E-state index in [4.69, 9.17) is 14.2 Å². The average Bonchev–Trinajstić information content (AvgIpc) is 3.01. The zero-order valence-corrected chi connectivity index (χ0v) is 13.9. The number of methoxy groups -OCH3 is 1. The lowest BCUT2D eigenvalue weighted by atomic mass is 10.2. The predicted octanol–water partition coefficient (Wildman–Crippen LogP) is 3.05.